The van der Waals surface area contributed by atoms with E-state index < -0.39 is 0 Å². The van der Waals surface area contributed by atoms with Crippen LogP contribution < -0.4 is 5.32 Å². The highest BCUT2D eigenvalue weighted by Crippen LogP contribution is 2.11. The van der Waals surface area contributed by atoms with Crippen molar-refractivity contribution in [3.63, 3.8) is 0 Å². The lowest BCUT2D eigenvalue weighted by Crippen LogP contribution is -1.88. The zero-order chi connectivity index (χ0) is 7.68. The highest BCUT2D eigenvalue weighted by molar-refractivity contribution is 5.58. The predicted octanol–water partition coefficient (Wildman–Crippen LogP) is 1.98. The first-order valence-corrected chi connectivity index (χ1v) is 3.64. The van der Waals surface area contributed by atoms with E-state index in [4.69, 9.17) is 0 Å². The van der Waals surface area contributed by atoms with Crippen molar-refractivity contribution in [2.24, 2.45) is 0 Å². The Morgan fingerprint density at radius 2 is 2.18 bits per heavy atom. The molecule has 2 rings (SSSR count). The molecular formula is C9H10N2. The first-order valence-electron chi connectivity index (χ1n) is 3.64. The second kappa shape index (κ2) is 2.31. The summed E-state index contributed by atoms with van der Waals surface area (Å²) in [5.74, 6) is 0. The zero-order valence-corrected chi connectivity index (χ0v) is 6.41. The number of anilines is 1. The summed E-state index contributed by atoms with van der Waals surface area (Å²) in [4.78, 5) is 0. The molecule has 0 bridgehead atoms. The summed E-state index contributed by atoms with van der Waals surface area (Å²) < 4.78 is 2.08. The Morgan fingerprint density at radius 3 is 3.00 bits per heavy atom. The van der Waals surface area contributed by atoms with Crippen LogP contribution in [0.1, 0.15) is 0 Å². The van der Waals surface area contributed by atoms with Crippen molar-refractivity contribution >= 4 is 11.2 Å². The summed E-state index contributed by atoms with van der Waals surface area (Å²) in [6, 6.07) is 8.28. The quantitative estimate of drug-likeness (QED) is 0.650. The molecule has 0 aliphatic heterocycles. The van der Waals surface area contributed by atoms with Crippen molar-refractivity contribution in [2.75, 3.05) is 12.4 Å². The number of fused-ring (bicyclic) bond motifs is 1. The molecule has 0 aliphatic rings. The summed E-state index contributed by atoms with van der Waals surface area (Å²) in [6.45, 7) is 0. The van der Waals surface area contributed by atoms with Gasteiger partial charge in [-0.1, -0.05) is 0 Å². The number of nitrogens with one attached hydrogen (secondary N) is 1. The molecule has 0 saturated heterocycles. The Labute approximate surface area is 65.5 Å². The molecule has 0 radical (unpaired) electrons. The number of nitrogens with zero attached hydrogens (tertiary/aromatic N) is 1. The van der Waals surface area contributed by atoms with Gasteiger partial charge in [0.15, 0.2) is 0 Å². The molecule has 0 unspecified atom stereocenters. The molecule has 11 heavy (non-hydrogen) atoms. The van der Waals surface area contributed by atoms with Gasteiger partial charge < -0.3 is 9.72 Å². The topological polar surface area (TPSA) is 16.4 Å². The molecule has 0 fully saturated rings. The summed E-state index contributed by atoms with van der Waals surface area (Å²) in [7, 11) is 1.93. The van der Waals surface area contributed by atoms with Gasteiger partial charge in [0.25, 0.3) is 0 Å². The molecule has 0 spiro atoms. The minimum Gasteiger partial charge on any atom is -0.388 e. The maximum atomic E-state index is 3.10. The van der Waals surface area contributed by atoms with Gasteiger partial charge in [0.1, 0.15) is 0 Å². The molecule has 1 N–H and O–H groups in total. The lowest BCUT2D eigenvalue weighted by Gasteiger charge is -1.99. The second-order valence-corrected chi connectivity index (χ2v) is 2.51. The van der Waals surface area contributed by atoms with Crippen LogP contribution in [0.25, 0.3) is 5.52 Å². The lowest BCUT2D eigenvalue weighted by atomic mass is 10.3. The molecule has 0 atom stereocenters. The number of pyridine rings is 1. The average molecular weight is 146 g/mol. The molecule has 0 saturated carbocycles. The number of aromatic nitrogens is 1. The molecule has 2 heterocycles. The molecule has 56 valence electrons. The Kier molecular flexibility index (Phi) is 1.32. The summed E-state index contributed by atoms with van der Waals surface area (Å²) >= 11 is 0. The monoisotopic (exact) mass is 146 g/mol. The van der Waals surface area contributed by atoms with Gasteiger partial charge in [0, 0.05) is 30.6 Å². The molecule has 2 nitrogen and oxygen atoms in total. The lowest BCUT2D eigenvalue weighted by molar-refractivity contribution is 1.20. The predicted molar refractivity (Wildman–Crippen MR) is 46.9 cm³/mol. The second-order valence-electron chi connectivity index (χ2n) is 2.51. The van der Waals surface area contributed by atoms with Gasteiger partial charge in [0.05, 0.1) is 0 Å². The smallest absolute Gasteiger partial charge is 0.0470 e. The van der Waals surface area contributed by atoms with Crippen molar-refractivity contribution in [1.29, 1.82) is 0 Å². The first kappa shape index (κ1) is 6.28. The van der Waals surface area contributed by atoms with Gasteiger partial charge >= 0.3 is 0 Å². The summed E-state index contributed by atoms with van der Waals surface area (Å²) in [5.41, 5.74) is 2.37. The normalized spacial score (nSPS) is 10.3. The van der Waals surface area contributed by atoms with E-state index in [0.717, 1.165) is 5.69 Å². The van der Waals surface area contributed by atoms with Crippen molar-refractivity contribution < 1.29 is 0 Å². The van der Waals surface area contributed by atoms with E-state index in [-0.39, 0.29) is 0 Å². The van der Waals surface area contributed by atoms with Crippen LogP contribution in [-0.4, -0.2) is 11.4 Å². The minimum atomic E-state index is 1.15. The van der Waals surface area contributed by atoms with Crippen LogP contribution in [0.3, 0.4) is 0 Å². The molecule has 0 aliphatic carbocycles. The van der Waals surface area contributed by atoms with E-state index in [1.54, 1.807) is 0 Å². The largest absolute Gasteiger partial charge is 0.388 e. The Hall–Kier alpha value is -1.44. The van der Waals surface area contributed by atoms with Crippen LogP contribution >= 0.6 is 0 Å². The van der Waals surface area contributed by atoms with Crippen LogP contribution in [0, 0.1) is 0 Å². The number of hydrogen-bond donors (Lipinski definition) is 1. The van der Waals surface area contributed by atoms with E-state index in [2.05, 4.69) is 21.9 Å². The van der Waals surface area contributed by atoms with Gasteiger partial charge in [-0.25, -0.2) is 0 Å². The Bertz CT molecular complexity index is 362. The molecule has 2 aromatic heterocycles. The van der Waals surface area contributed by atoms with Gasteiger partial charge in [-0.05, 0) is 24.3 Å². The molecule has 0 aromatic carbocycles. The minimum absolute atomic E-state index is 1.15. The SMILES string of the molecule is CNc1ccn2cccc2c1. The van der Waals surface area contributed by atoms with Gasteiger partial charge in [-0.15, -0.1) is 0 Å². The van der Waals surface area contributed by atoms with E-state index in [1.807, 2.05) is 31.6 Å². The van der Waals surface area contributed by atoms with Crippen LogP contribution in [0.15, 0.2) is 36.7 Å². The third kappa shape index (κ3) is 0.963. The van der Waals surface area contributed by atoms with E-state index in [0.29, 0.717) is 0 Å². The van der Waals surface area contributed by atoms with Crippen LogP contribution in [-0.2, 0) is 0 Å². The average Bonchev–Trinajstić information content (AvgIpc) is 2.50. The van der Waals surface area contributed by atoms with E-state index in [1.165, 1.54) is 5.52 Å². The van der Waals surface area contributed by atoms with Crippen molar-refractivity contribution in [2.45, 2.75) is 0 Å². The van der Waals surface area contributed by atoms with Crippen molar-refractivity contribution in [3.8, 4) is 0 Å². The molecule has 2 heteroatoms. The fourth-order valence-corrected chi connectivity index (χ4v) is 1.19. The fourth-order valence-electron chi connectivity index (χ4n) is 1.19. The number of rotatable bonds is 1. The third-order valence-electron chi connectivity index (χ3n) is 1.82. The fraction of sp³-hybridized carbons (Fsp3) is 0.111. The highest BCUT2D eigenvalue weighted by atomic mass is 14.9. The summed E-state index contributed by atoms with van der Waals surface area (Å²) in [6.07, 6.45) is 4.08. The Balaban J connectivity index is 2.67. The van der Waals surface area contributed by atoms with Gasteiger partial charge in [-0.2, -0.15) is 0 Å². The van der Waals surface area contributed by atoms with Gasteiger partial charge in [0.2, 0.25) is 0 Å². The molecule has 2 aromatic rings. The van der Waals surface area contributed by atoms with Crippen LogP contribution in [0.4, 0.5) is 5.69 Å². The maximum Gasteiger partial charge on any atom is 0.0470 e. The maximum absolute atomic E-state index is 3.10. The highest BCUT2D eigenvalue weighted by Gasteiger charge is 1.91. The molecule has 0 amide bonds. The first-order chi connectivity index (χ1) is 5.40. The summed E-state index contributed by atoms with van der Waals surface area (Å²) in [5, 5.41) is 3.10. The number of hydrogen-bond acceptors (Lipinski definition) is 1. The van der Waals surface area contributed by atoms with Crippen LogP contribution in [0.5, 0.6) is 0 Å². The van der Waals surface area contributed by atoms with E-state index >= 15 is 0 Å². The van der Waals surface area contributed by atoms with E-state index in [9.17, 15) is 0 Å². The standard InChI is InChI=1S/C9H10N2/c1-10-8-4-6-11-5-2-3-9(11)7-8/h2-7,10H,1H3. The van der Waals surface area contributed by atoms with Crippen molar-refractivity contribution in [1.82, 2.24) is 4.40 Å². The third-order valence-corrected chi connectivity index (χ3v) is 1.82. The Morgan fingerprint density at radius 1 is 1.27 bits per heavy atom. The van der Waals surface area contributed by atoms with Gasteiger partial charge in [-0.3, -0.25) is 0 Å². The van der Waals surface area contributed by atoms with Crippen LogP contribution in [0.2, 0.25) is 0 Å². The molecular weight excluding hydrogens is 136 g/mol. The van der Waals surface area contributed by atoms with Crippen molar-refractivity contribution in [3.05, 3.63) is 36.7 Å². The zero-order valence-electron chi connectivity index (χ0n) is 6.41.